The molecule has 2 atom stereocenters. The molecule has 1 fully saturated rings. The summed E-state index contributed by atoms with van der Waals surface area (Å²) in [7, 11) is 0. The van der Waals surface area contributed by atoms with Crippen LogP contribution in [0.15, 0.2) is 0 Å². The third kappa shape index (κ3) is 2.48. The summed E-state index contributed by atoms with van der Waals surface area (Å²) < 4.78 is 0. The zero-order valence-electron chi connectivity index (χ0n) is 7.71. The summed E-state index contributed by atoms with van der Waals surface area (Å²) in [6.07, 6.45) is 2.64. The van der Waals surface area contributed by atoms with Crippen LogP contribution in [-0.4, -0.2) is 23.2 Å². The Kier molecular flexibility index (Phi) is 3.09. The Labute approximate surface area is 73.2 Å². The lowest BCUT2D eigenvalue weighted by atomic mass is 10.1. The molecule has 1 aliphatic rings. The van der Waals surface area contributed by atoms with E-state index in [1.807, 2.05) is 0 Å². The summed E-state index contributed by atoms with van der Waals surface area (Å²) in [5, 5.41) is 12.1. The van der Waals surface area contributed by atoms with E-state index >= 15 is 0 Å². The first-order valence-electron chi connectivity index (χ1n) is 4.58. The zero-order chi connectivity index (χ0) is 9.14. The molecule has 0 aliphatic heterocycles. The van der Waals surface area contributed by atoms with Crippen molar-refractivity contribution in [3.05, 3.63) is 0 Å². The van der Waals surface area contributed by atoms with E-state index < -0.39 is 5.97 Å². The van der Waals surface area contributed by atoms with E-state index in [1.165, 1.54) is 0 Å². The van der Waals surface area contributed by atoms with Crippen molar-refractivity contribution in [1.29, 1.82) is 0 Å². The molecular formula is C9H17NO2. The lowest BCUT2D eigenvalue weighted by Gasteiger charge is -2.14. The van der Waals surface area contributed by atoms with Crippen molar-refractivity contribution in [1.82, 2.24) is 5.32 Å². The minimum Gasteiger partial charge on any atom is -0.481 e. The summed E-state index contributed by atoms with van der Waals surface area (Å²) in [5.41, 5.74) is 0. The van der Waals surface area contributed by atoms with Gasteiger partial charge in [0, 0.05) is 12.1 Å². The second-order valence-electron chi connectivity index (χ2n) is 3.87. The normalized spacial score (nSPS) is 29.6. The van der Waals surface area contributed by atoms with Crippen LogP contribution < -0.4 is 5.32 Å². The van der Waals surface area contributed by atoms with Gasteiger partial charge in [-0.1, -0.05) is 13.8 Å². The van der Waals surface area contributed by atoms with Gasteiger partial charge in [-0.05, 0) is 19.3 Å². The van der Waals surface area contributed by atoms with Gasteiger partial charge in [-0.15, -0.1) is 0 Å². The third-order valence-corrected chi connectivity index (χ3v) is 2.35. The molecule has 0 aromatic carbocycles. The second-order valence-corrected chi connectivity index (χ2v) is 3.87. The minimum absolute atomic E-state index is 0.110. The van der Waals surface area contributed by atoms with Crippen LogP contribution in [0.3, 0.4) is 0 Å². The SMILES string of the molecule is CC(C)N[C@H]1CC[C@H](C(=O)O)C1. The number of nitrogens with one attached hydrogen (secondary N) is 1. The van der Waals surface area contributed by atoms with Crippen LogP contribution in [0.5, 0.6) is 0 Å². The molecule has 0 aromatic rings. The molecule has 12 heavy (non-hydrogen) atoms. The van der Waals surface area contributed by atoms with Crippen LogP contribution in [0.2, 0.25) is 0 Å². The highest BCUT2D eigenvalue weighted by atomic mass is 16.4. The highest BCUT2D eigenvalue weighted by Crippen LogP contribution is 2.25. The number of carboxylic acid groups (broad SMARTS) is 1. The molecule has 3 heteroatoms. The third-order valence-electron chi connectivity index (χ3n) is 2.35. The minimum atomic E-state index is -0.636. The van der Waals surface area contributed by atoms with Gasteiger partial charge in [-0.2, -0.15) is 0 Å². The molecule has 0 unspecified atom stereocenters. The predicted octanol–water partition coefficient (Wildman–Crippen LogP) is 1.24. The van der Waals surface area contributed by atoms with Gasteiger partial charge in [0.1, 0.15) is 0 Å². The predicted molar refractivity (Wildman–Crippen MR) is 47.0 cm³/mol. The fourth-order valence-corrected chi connectivity index (χ4v) is 1.83. The van der Waals surface area contributed by atoms with Gasteiger partial charge in [-0.3, -0.25) is 4.79 Å². The quantitative estimate of drug-likeness (QED) is 0.671. The number of carbonyl (C=O) groups is 1. The lowest BCUT2D eigenvalue weighted by molar-refractivity contribution is -0.141. The molecule has 0 spiro atoms. The Bertz CT molecular complexity index is 168. The summed E-state index contributed by atoms with van der Waals surface area (Å²) >= 11 is 0. The van der Waals surface area contributed by atoms with E-state index in [1.54, 1.807) is 0 Å². The van der Waals surface area contributed by atoms with Crippen LogP contribution >= 0.6 is 0 Å². The molecular weight excluding hydrogens is 154 g/mol. The molecule has 70 valence electrons. The Morgan fingerprint density at radius 1 is 1.50 bits per heavy atom. The summed E-state index contributed by atoms with van der Waals surface area (Å²) in [6, 6.07) is 0.883. The van der Waals surface area contributed by atoms with Gasteiger partial charge < -0.3 is 10.4 Å². The van der Waals surface area contributed by atoms with E-state index in [0.717, 1.165) is 19.3 Å². The van der Waals surface area contributed by atoms with Crippen LogP contribution in [0.1, 0.15) is 33.1 Å². The smallest absolute Gasteiger partial charge is 0.306 e. The van der Waals surface area contributed by atoms with E-state index in [9.17, 15) is 4.79 Å². The van der Waals surface area contributed by atoms with Crippen LogP contribution in [0.25, 0.3) is 0 Å². The van der Waals surface area contributed by atoms with E-state index in [0.29, 0.717) is 12.1 Å². The van der Waals surface area contributed by atoms with Gasteiger partial charge in [0.2, 0.25) is 0 Å². The van der Waals surface area contributed by atoms with Crippen LogP contribution in [-0.2, 0) is 4.79 Å². The maximum Gasteiger partial charge on any atom is 0.306 e. The van der Waals surface area contributed by atoms with E-state index in [2.05, 4.69) is 19.2 Å². The molecule has 2 N–H and O–H groups in total. The number of hydrogen-bond acceptors (Lipinski definition) is 2. The Morgan fingerprint density at radius 2 is 2.17 bits per heavy atom. The van der Waals surface area contributed by atoms with Gasteiger partial charge in [-0.25, -0.2) is 0 Å². The molecule has 3 nitrogen and oxygen atoms in total. The topological polar surface area (TPSA) is 49.3 Å². The summed E-state index contributed by atoms with van der Waals surface area (Å²) in [6.45, 7) is 4.18. The standard InChI is InChI=1S/C9H17NO2/c1-6(2)10-8-4-3-7(5-8)9(11)12/h6-8,10H,3-5H2,1-2H3,(H,11,12)/t7-,8-/m0/s1. The van der Waals surface area contributed by atoms with Gasteiger partial charge in [0.25, 0.3) is 0 Å². The highest BCUT2D eigenvalue weighted by molar-refractivity contribution is 5.70. The molecule has 0 saturated heterocycles. The Balaban J connectivity index is 2.30. The molecule has 0 aromatic heterocycles. The van der Waals surface area contributed by atoms with Crippen LogP contribution in [0.4, 0.5) is 0 Å². The molecule has 1 aliphatic carbocycles. The largest absolute Gasteiger partial charge is 0.481 e. The summed E-state index contributed by atoms with van der Waals surface area (Å²) in [4.78, 5) is 10.6. The Hall–Kier alpha value is -0.570. The number of rotatable bonds is 3. The zero-order valence-corrected chi connectivity index (χ0v) is 7.71. The van der Waals surface area contributed by atoms with Crippen molar-refractivity contribution in [3.8, 4) is 0 Å². The Morgan fingerprint density at radius 3 is 2.58 bits per heavy atom. The van der Waals surface area contributed by atoms with Crippen LogP contribution in [0, 0.1) is 5.92 Å². The molecule has 0 amide bonds. The van der Waals surface area contributed by atoms with Crippen molar-refractivity contribution in [2.45, 2.75) is 45.2 Å². The van der Waals surface area contributed by atoms with Gasteiger partial charge >= 0.3 is 5.97 Å². The molecule has 0 bridgehead atoms. The first-order valence-corrected chi connectivity index (χ1v) is 4.58. The van der Waals surface area contributed by atoms with Crippen molar-refractivity contribution in [2.75, 3.05) is 0 Å². The number of carboxylic acids is 1. The van der Waals surface area contributed by atoms with Crippen molar-refractivity contribution in [3.63, 3.8) is 0 Å². The summed E-state index contributed by atoms with van der Waals surface area (Å²) in [5.74, 6) is -0.746. The highest BCUT2D eigenvalue weighted by Gasteiger charge is 2.29. The fraction of sp³-hybridized carbons (Fsp3) is 0.889. The average Bonchev–Trinajstić information content (AvgIpc) is 2.34. The monoisotopic (exact) mass is 171 g/mol. The fourth-order valence-electron chi connectivity index (χ4n) is 1.83. The number of aliphatic carboxylic acids is 1. The van der Waals surface area contributed by atoms with E-state index in [-0.39, 0.29) is 5.92 Å². The maximum atomic E-state index is 10.6. The maximum absolute atomic E-state index is 10.6. The van der Waals surface area contributed by atoms with Crippen molar-refractivity contribution >= 4 is 5.97 Å². The van der Waals surface area contributed by atoms with Gasteiger partial charge in [0.05, 0.1) is 5.92 Å². The first-order chi connectivity index (χ1) is 5.59. The van der Waals surface area contributed by atoms with E-state index in [4.69, 9.17) is 5.11 Å². The molecule has 0 radical (unpaired) electrons. The van der Waals surface area contributed by atoms with Crippen molar-refractivity contribution in [2.24, 2.45) is 5.92 Å². The lowest BCUT2D eigenvalue weighted by Crippen LogP contribution is -2.33. The van der Waals surface area contributed by atoms with Gasteiger partial charge in [0.15, 0.2) is 0 Å². The first kappa shape index (κ1) is 9.52. The number of hydrogen-bond donors (Lipinski definition) is 2. The molecule has 1 rings (SSSR count). The average molecular weight is 171 g/mol. The van der Waals surface area contributed by atoms with Crippen molar-refractivity contribution < 1.29 is 9.90 Å². The molecule has 0 heterocycles. The second kappa shape index (κ2) is 3.90. The molecule has 1 saturated carbocycles.